The molecule has 1 spiro atoms. The molecule has 1 aromatic rings. The smallest absolute Gasteiger partial charge is 0.339 e. The van der Waals surface area contributed by atoms with Crippen molar-refractivity contribution in [1.29, 1.82) is 5.26 Å². The Morgan fingerprint density at radius 3 is 2.78 bits per heavy atom. The van der Waals surface area contributed by atoms with Gasteiger partial charge in [-0.3, -0.25) is 9.69 Å². The summed E-state index contributed by atoms with van der Waals surface area (Å²) in [5, 5.41) is 9.81. The zero-order chi connectivity index (χ0) is 19.8. The van der Waals surface area contributed by atoms with Crippen molar-refractivity contribution in [1.82, 2.24) is 0 Å². The summed E-state index contributed by atoms with van der Waals surface area (Å²) in [6, 6.07) is 8.79. The molecule has 1 aromatic carbocycles. The summed E-state index contributed by atoms with van der Waals surface area (Å²) in [4.78, 5) is 27.8. The molecule has 27 heavy (non-hydrogen) atoms. The van der Waals surface area contributed by atoms with Crippen LogP contribution in [0.4, 0.5) is 5.69 Å². The number of anilines is 1. The van der Waals surface area contributed by atoms with Crippen LogP contribution in [0.1, 0.15) is 19.4 Å². The van der Waals surface area contributed by atoms with Gasteiger partial charge in [-0.1, -0.05) is 24.1 Å². The number of carbonyl (C=O) groups is 2. The standard InChI is InChI=1S/C20H17N3O4/c1-4-10-23-15-9-7-6-8-13(15)20(19(23)25)14(11-21)17(22)27-12(3)16(20)18(24)26-5-2/h1,6-9H,5,10,22H2,2-3H3/t20-/m0/s1. The van der Waals surface area contributed by atoms with Crippen molar-refractivity contribution in [2.45, 2.75) is 19.3 Å². The Labute approximate surface area is 156 Å². The Bertz CT molecular complexity index is 993. The molecule has 3 rings (SSSR count). The van der Waals surface area contributed by atoms with E-state index in [2.05, 4.69) is 5.92 Å². The number of hydrogen-bond donors (Lipinski definition) is 1. The molecule has 2 aliphatic heterocycles. The maximum Gasteiger partial charge on any atom is 0.339 e. The maximum atomic E-state index is 13.6. The summed E-state index contributed by atoms with van der Waals surface area (Å²) < 4.78 is 10.6. The number of carbonyl (C=O) groups excluding carboxylic acids is 2. The van der Waals surface area contributed by atoms with Crippen LogP contribution in [-0.2, 0) is 24.5 Å². The summed E-state index contributed by atoms with van der Waals surface area (Å²) >= 11 is 0. The van der Waals surface area contributed by atoms with E-state index in [9.17, 15) is 14.9 Å². The number of terminal acetylenes is 1. The van der Waals surface area contributed by atoms with Gasteiger partial charge in [-0.25, -0.2) is 4.79 Å². The summed E-state index contributed by atoms with van der Waals surface area (Å²) in [6.07, 6.45) is 5.44. The number of nitriles is 1. The zero-order valence-corrected chi connectivity index (χ0v) is 14.9. The fourth-order valence-corrected chi connectivity index (χ4v) is 3.66. The number of esters is 1. The van der Waals surface area contributed by atoms with Crippen LogP contribution in [0.3, 0.4) is 0 Å². The number of nitrogens with two attached hydrogens (primary N) is 1. The van der Waals surface area contributed by atoms with Crippen LogP contribution in [0.5, 0.6) is 0 Å². The highest BCUT2D eigenvalue weighted by Gasteiger charge is 2.61. The predicted octanol–water partition coefficient (Wildman–Crippen LogP) is 1.47. The van der Waals surface area contributed by atoms with Crippen molar-refractivity contribution in [2.24, 2.45) is 5.73 Å². The molecular formula is C20H17N3O4. The van der Waals surface area contributed by atoms with Gasteiger partial charge in [0.25, 0.3) is 0 Å². The van der Waals surface area contributed by atoms with Gasteiger partial charge in [0.1, 0.15) is 23.0 Å². The van der Waals surface area contributed by atoms with Gasteiger partial charge in [-0.05, 0) is 19.9 Å². The molecule has 2 aliphatic rings. The van der Waals surface area contributed by atoms with E-state index in [1.807, 2.05) is 6.07 Å². The monoisotopic (exact) mass is 363 g/mol. The molecule has 0 aromatic heterocycles. The fraction of sp³-hybridized carbons (Fsp3) is 0.250. The lowest BCUT2D eigenvalue weighted by Crippen LogP contribution is -2.48. The molecule has 0 unspecified atom stereocenters. The lowest BCUT2D eigenvalue weighted by molar-refractivity contribution is -0.141. The number of benzene rings is 1. The SMILES string of the molecule is C#CCN1C(=O)[C@]2(C(C#N)=C(N)OC(C)=C2C(=O)OCC)c2ccccc21. The van der Waals surface area contributed by atoms with E-state index in [-0.39, 0.29) is 35.9 Å². The third-order valence-electron chi connectivity index (χ3n) is 4.62. The first kappa shape index (κ1) is 18.1. The van der Waals surface area contributed by atoms with Crippen LogP contribution in [0, 0.1) is 23.7 Å². The number of amides is 1. The number of hydrogen-bond acceptors (Lipinski definition) is 6. The summed E-state index contributed by atoms with van der Waals surface area (Å²) in [5.74, 6) is 1.03. The molecule has 136 valence electrons. The van der Waals surface area contributed by atoms with Gasteiger partial charge in [-0.2, -0.15) is 5.26 Å². The van der Waals surface area contributed by atoms with E-state index >= 15 is 0 Å². The molecule has 7 nitrogen and oxygen atoms in total. The van der Waals surface area contributed by atoms with Crippen LogP contribution >= 0.6 is 0 Å². The topological polar surface area (TPSA) is 106 Å². The Morgan fingerprint density at radius 1 is 1.44 bits per heavy atom. The van der Waals surface area contributed by atoms with Crippen molar-refractivity contribution in [3.05, 3.63) is 52.6 Å². The third-order valence-corrected chi connectivity index (χ3v) is 4.62. The van der Waals surface area contributed by atoms with Gasteiger partial charge in [0, 0.05) is 11.3 Å². The molecule has 1 atom stereocenters. The first-order valence-electron chi connectivity index (χ1n) is 8.26. The van der Waals surface area contributed by atoms with E-state index in [0.717, 1.165) is 0 Å². The molecule has 0 aliphatic carbocycles. The highest BCUT2D eigenvalue weighted by molar-refractivity contribution is 6.18. The number of allylic oxidation sites excluding steroid dienone is 1. The second-order valence-electron chi connectivity index (χ2n) is 5.97. The quantitative estimate of drug-likeness (QED) is 0.644. The largest absolute Gasteiger partial charge is 0.462 e. The van der Waals surface area contributed by atoms with E-state index in [4.69, 9.17) is 21.6 Å². The molecule has 0 saturated heterocycles. The second kappa shape index (κ2) is 6.54. The summed E-state index contributed by atoms with van der Waals surface area (Å²) in [7, 11) is 0. The Kier molecular flexibility index (Phi) is 4.39. The molecule has 7 heteroatoms. The first-order valence-corrected chi connectivity index (χ1v) is 8.26. The van der Waals surface area contributed by atoms with Gasteiger partial charge >= 0.3 is 5.97 Å². The van der Waals surface area contributed by atoms with Crippen LogP contribution in [0.15, 0.2) is 47.1 Å². The van der Waals surface area contributed by atoms with Crippen molar-refractivity contribution in [2.75, 3.05) is 18.1 Å². The van der Waals surface area contributed by atoms with Crippen LogP contribution in [0.2, 0.25) is 0 Å². The number of rotatable bonds is 3. The lowest BCUT2D eigenvalue weighted by Gasteiger charge is -2.34. The van der Waals surface area contributed by atoms with Crippen molar-refractivity contribution < 1.29 is 19.1 Å². The molecule has 0 bridgehead atoms. The van der Waals surface area contributed by atoms with E-state index in [1.165, 1.54) is 11.8 Å². The summed E-state index contributed by atoms with van der Waals surface area (Å²) in [5.41, 5.74) is 4.93. The molecule has 1 amide bonds. The molecule has 2 N–H and O–H groups in total. The van der Waals surface area contributed by atoms with Crippen molar-refractivity contribution >= 4 is 17.6 Å². The number of para-hydroxylation sites is 1. The normalized spacial score (nSPS) is 20.9. The van der Waals surface area contributed by atoms with E-state index < -0.39 is 17.3 Å². The average Bonchev–Trinajstić information content (AvgIpc) is 2.86. The minimum Gasteiger partial charge on any atom is -0.462 e. The van der Waals surface area contributed by atoms with Crippen LogP contribution < -0.4 is 10.6 Å². The second-order valence-corrected chi connectivity index (χ2v) is 5.97. The third kappa shape index (κ3) is 2.29. The van der Waals surface area contributed by atoms with Gasteiger partial charge in [0.15, 0.2) is 5.41 Å². The van der Waals surface area contributed by atoms with Gasteiger partial charge < -0.3 is 15.2 Å². The molecule has 0 fully saturated rings. The average molecular weight is 363 g/mol. The van der Waals surface area contributed by atoms with E-state index in [1.54, 1.807) is 31.2 Å². The Hall–Kier alpha value is -3.71. The number of ether oxygens (including phenoxy) is 2. The Balaban J connectivity index is 2.42. The van der Waals surface area contributed by atoms with Crippen LogP contribution in [0.25, 0.3) is 0 Å². The number of nitrogens with zero attached hydrogens (tertiary/aromatic N) is 2. The lowest BCUT2D eigenvalue weighted by atomic mass is 9.68. The number of fused-ring (bicyclic) bond motifs is 2. The molecule has 0 radical (unpaired) electrons. The van der Waals surface area contributed by atoms with Gasteiger partial charge in [0.05, 0.1) is 13.2 Å². The van der Waals surface area contributed by atoms with Crippen molar-refractivity contribution in [3.63, 3.8) is 0 Å². The van der Waals surface area contributed by atoms with Gasteiger partial charge in [0.2, 0.25) is 11.8 Å². The zero-order valence-electron chi connectivity index (χ0n) is 14.9. The Morgan fingerprint density at radius 2 is 2.15 bits per heavy atom. The highest BCUT2D eigenvalue weighted by atomic mass is 16.5. The summed E-state index contributed by atoms with van der Waals surface area (Å²) in [6.45, 7) is 3.23. The maximum absolute atomic E-state index is 13.6. The van der Waals surface area contributed by atoms with Crippen LogP contribution in [-0.4, -0.2) is 25.0 Å². The van der Waals surface area contributed by atoms with E-state index in [0.29, 0.717) is 11.3 Å². The fourth-order valence-electron chi connectivity index (χ4n) is 3.66. The molecule has 2 heterocycles. The molecular weight excluding hydrogens is 346 g/mol. The minimum atomic E-state index is -1.75. The molecule has 0 saturated carbocycles. The van der Waals surface area contributed by atoms with Crippen molar-refractivity contribution in [3.8, 4) is 18.4 Å². The highest BCUT2D eigenvalue weighted by Crippen LogP contribution is 2.53. The predicted molar refractivity (Wildman–Crippen MR) is 96.6 cm³/mol. The van der Waals surface area contributed by atoms with Gasteiger partial charge in [-0.15, -0.1) is 6.42 Å². The first-order chi connectivity index (χ1) is 12.9. The minimum absolute atomic E-state index is 0.0216.